The van der Waals surface area contributed by atoms with E-state index in [9.17, 15) is 9.90 Å². The van der Waals surface area contributed by atoms with Crippen LogP contribution in [-0.2, 0) is 9.53 Å². The number of hydrogen-bond acceptors (Lipinski definition) is 3. The fourth-order valence-electron chi connectivity index (χ4n) is 1.96. The van der Waals surface area contributed by atoms with Crippen LogP contribution in [0.5, 0.6) is 0 Å². The summed E-state index contributed by atoms with van der Waals surface area (Å²) < 4.78 is 5.53. The summed E-state index contributed by atoms with van der Waals surface area (Å²) in [5.41, 5.74) is -0.890. The number of carboxylic acids is 1. The molecule has 0 aromatic carbocycles. The van der Waals surface area contributed by atoms with Crippen molar-refractivity contribution in [1.29, 1.82) is 0 Å². The third-order valence-corrected chi connectivity index (χ3v) is 2.85. The van der Waals surface area contributed by atoms with Gasteiger partial charge in [0, 0.05) is 6.04 Å². The summed E-state index contributed by atoms with van der Waals surface area (Å²) in [6.07, 6.45) is 2.02. The van der Waals surface area contributed by atoms with E-state index in [1.165, 1.54) is 0 Å². The normalized spacial score (nSPS) is 20.1. The second-order valence-electron chi connectivity index (χ2n) is 5.21. The highest BCUT2D eigenvalue weighted by atomic mass is 16.5. The van der Waals surface area contributed by atoms with Crippen LogP contribution in [0.15, 0.2) is 0 Å². The van der Waals surface area contributed by atoms with Gasteiger partial charge in [0.25, 0.3) is 0 Å². The largest absolute Gasteiger partial charge is 0.480 e. The first kappa shape index (κ1) is 13.5. The molecule has 0 saturated heterocycles. The molecule has 0 aromatic rings. The molecule has 0 amide bonds. The van der Waals surface area contributed by atoms with Crippen molar-refractivity contribution >= 4 is 5.97 Å². The number of nitrogens with one attached hydrogen (secondary N) is 1. The molecule has 0 heterocycles. The minimum atomic E-state index is -0.890. The minimum Gasteiger partial charge on any atom is -0.480 e. The van der Waals surface area contributed by atoms with Gasteiger partial charge >= 0.3 is 5.97 Å². The molecule has 1 fully saturated rings. The second-order valence-corrected chi connectivity index (χ2v) is 5.21. The summed E-state index contributed by atoms with van der Waals surface area (Å²) in [6.45, 7) is 8.04. The lowest BCUT2D eigenvalue weighted by Crippen LogP contribution is -2.60. The maximum atomic E-state index is 11.5. The summed E-state index contributed by atoms with van der Waals surface area (Å²) in [6, 6.07) is 0.146. The quantitative estimate of drug-likeness (QED) is 0.697. The van der Waals surface area contributed by atoms with Crippen LogP contribution in [0.2, 0.25) is 0 Å². The predicted molar refractivity (Wildman–Crippen MR) is 62.5 cm³/mol. The van der Waals surface area contributed by atoms with Gasteiger partial charge in [-0.05, 0) is 46.5 Å². The van der Waals surface area contributed by atoms with E-state index in [0.717, 1.165) is 12.8 Å². The lowest BCUT2D eigenvalue weighted by molar-refractivity contribution is -0.150. The molecule has 2 N–H and O–H groups in total. The van der Waals surface area contributed by atoms with Gasteiger partial charge in [-0.3, -0.25) is 10.1 Å². The highest BCUT2D eigenvalue weighted by Crippen LogP contribution is 2.40. The van der Waals surface area contributed by atoms with Gasteiger partial charge < -0.3 is 9.84 Å². The summed E-state index contributed by atoms with van der Waals surface area (Å²) >= 11 is 0. The molecule has 1 aliphatic carbocycles. The van der Waals surface area contributed by atoms with E-state index in [0.29, 0.717) is 0 Å². The monoisotopic (exact) mass is 229 g/mol. The van der Waals surface area contributed by atoms with Crippen molar-refractivity contribution < 1.29 is 14.6 Å². The third kappa shape index (κ3) is 3.19. The fourth-order valence-corrected chi connectivity index (χ4v) is 1.96. The zero-order valence-corrected chi connectivity index (χ0v) is 10.6. The zero-order chi connectivity index (χ0) is 12.3. The van der Waals surface area contributed by atoms with Crippen molar-refractivity contribution in [2.45, 2.75) is 58.2 Å². The van der Waals surface area contributed by atoms with Gasteiger partial charge in [-0.2, -0.15) is 0 Å². The van der Waals surface area contributed by atoms with Crippen LogP contribution in [0.3, 0.4) is 0 Å². The Morgan fingerprint density at radius 2 is 2.00 bits per heavy atom. The van der Waals surface area contributed by atoms with Gasteiger partial charge in [0.05, 0.1) is 12.7 Å². The van der Waals surface area contributed by atoms with Gasteiger partial charge in [0.1, 0.15) is 5.54 Å². The first-order chi connectivity index (χ1) is 7.38. The molecular weight excluding hydrogens is 206 g/mol. The van der Waals surface area contributed by atoms with E-state index in [2.05, 4.69) is 5.32 Å². The molecule has 0 aliphatic heterocycles. The Balaban J connectivity index is 2.74. The Bertz CT molecular complexity index is 249. The topological polar surface area (TPSA) is 58.6 Å². The SMILES string of the molecule is CC(C)NC(COC(C)C)(C(=O)O)C1CC1. The summed E-state index contributed by atoms with van der Waals surface area (Å²) in [7, 11) is 0. The van der Waals surface area contributed by atoms with Gasteiger partial charge in [-0.1, -0.05) is 0 Å². The first-order valence-electron chi connectivity index (χ1n) is 6.01. The van der Waals surface area contributed by atoms with Crippen molar-refractivity contribution in [2.24, 2.45) is 5.92 Å². The van der Waals surface area contributed by atoms with E-state index in [1.54, 1.807) is 0 Å². The molecule has 0 bridgehead atoms. The van der Waals surface area contributed by atoms with E-state index in [-0.39, 0.29) is 24.7 Å². The van der Waals surface area contributed by atoms with Gasteiger partial charge in [0.15, 0.2) is 0 Å². The Labute approximate surface area is 97.4 Å². The average molecular weight is 229 g/mol. The molecule has 0 spiro atoms. The molecule has 4 heteroatoms. The van der Waals surface area contributed by atoms with Crippen molar-refractivity contribution in [2.75, 3.05) is 6.61 Å². The van der Waals surface area contributed by atoms with Crippen molar-refractivity contribution in [3.63, 3.8) is 0 Å². The number of carbonyl (C=O) groups is 1. The number of carboxylic acid groups (broad SMARTS) is 1. The maximum Gasteiger partial charge on any atom is 0.326 e. The summed E-state index contributed by atoms with van der Waals surface area (Å²) in [5, 5.41) is 12.6. The molecule has 0 radical (unpaired) electrons. The summed E-state index contributed by atoms with van der Waals surface area (Å²) in [4.78, 5) is 11.5. The maximum absolute atomic E-state index is 11.5. The van der Waals surface area contributed by atoms with E-state index in [4.69, 9.17) is 4.74 Å². The third-order valence-electron chi connectivity index (χ3n) is 2.85. The van der Waals surface area contributed by atoms with Gasteiger partial charge in [0.2, 0.25) is 0 Å². The lowest BCUT2D eigenvalue weighted by atomic mass is 9.93. The standard InChI is InChI=1S/C12H23NO3/c1-8(2)13-12(11(14)15,10-5-6-10)7-16-9(3)4/h8-10,13H,5-7H2,1-4H3,(H,14,15). The van der Waals surface area contributed by atoms with E-state index < -0.39 is 11.5 Å². The van der Waals surface area contributed by atoms with Crippen molar-refractivity contribution in [3.05, 3.63) is 0 Å². The molecule has 1 saturated carbocycles. The fraction of sp³-hybridized carbons (Fsp3) is 0.917. The van der Waals surface area contributed by atoms with Crippen LogP contribution in [0.4, 0.5) is 0 Å². The number of rotatable bonds is 7. The number of hydrogen-bond donors (Lipinski definition) is 2. The second kappa shape index (κ2) is 5.15. The highest BCUT2D eigenvalue weighted by Gasteiger charge is 2.51. The highest BCUT2D eigenvalue weighted by molar-refractivity contribution is 5.80. The van der Waals surface area contributed by atoms with E-state index >= 15 is 0 Å². The van der Waals surface area contributed by atoms with Crippen LogP contribution in [0.25, 0.3) is 0 Å². The Morgan fingerprint density at radius 1 is 1.44 bits per heavy atom. The predicted octanol–water partition coefficient (Wildman–Crippen LogP) is 1.64. The van der Waals surface area contributed by atoms with Crippen molar-refractivity contribution in [1.82, 2.24) is 5.32 Å². The van der Waals surface area contributed by atoms with Crippen molar-refractivity contribution in [3.8, 4) is 0 Å². The number of ether oxygens (including phenoxy) is 1. The van der Waals surface area contributed by atoms with Gasteiger partial charge in [-0.15, -0.1) is 0 Å². The Kier molecular flexibility index (Phi) is 4.33. The molecule has 1 unspecified atom stereocenters. The first-order valence-corrected chi connectivity index (χ1v) is 6.01. The Hall–Kier alpha value is -0.610. The molecular formula is C12H23NO3. The molecule has 16 heavy (non-hydrogen) atoms. The van der Waals surface area contributed by atoms with Crippen LogP contribution in [0, 0.1) is 5.92 Å². The average Bonchev–Trinajstić information content (AvgIpc) is 2.94. The van der Waals surface area contributed by atoms with Gasteiger partial charge in [-0.25, -0.2) is 0 Å². The molecule has 1 aliphatic rings. The molecule has 4 nitrogen and oxygen atoms in total. The molecule has 94 valence electrons. The van der Waals surface area contributed by atoms with Crippen LogP contribution < -0.4 is 5.32 Å². The van der Waals surface area contributed by atoms with Crippen LogP contribution >= 0.6 is 0 Å². The Morgan fingerprint density at radius 3 is 2.31 bits per heavy atom. The minimum absolute atomic E-state index is 0.0615. The molecule has 0 aromatic heterocycles. The summed E-state index contributed by atoms with van der Waals surface area (Å²) in [5.74, 6) is -0.574. The van der Waals surface area contributed by atoms with E-state index in [1.807, 2.05) is 27.7 Å². The molecule has 1 atom stereocenters. The molecule has 1 rings (SSSR count). The zero-order valence-electron chi connectivity index (χ0n) is 10.6. The van der Waals surface area contributed by atoms with Crippen LogP contribution in [-0.4, -0.2) is 35.4 Å². The lowest BCUT2D eigenvalue weighted by Gasteiger charge is -2.33. The van der Waals surface area contributed by atoms with Crippen LogP contribution in [0.1, 0.15) is 40.5 Å². The smallest absolute Gasteiger partial charge is 0.326 e. The number of aliphatic carboxylic acids is 1.